The Labute approximate surface area is 109 Å². The number of carbonyl (C=O) groups excluding carboxylic acids is 1. The van der Waals surface area contributed by atoms with Gasteiger partial charge < -0.3 is 5.32 Å². The largest absolute Gasteiger partial charge is 0.334 e. The molecular weight excluding hydrogens is 282 g/mol. The predicted molar refractivity (Wildman–Crippen MR) is 68.3 cm³/mol. The van der Waals surface area contributed by atoms with Crippen LogP contribution in [0.2, 0.25) is 0 Å². The zero-order valence-corrected chi connectivity index (χ0v) is 11.6. The molecule has 0 fully saturated rings. The summed E-state index contributed by atoms with van der Waals surface area (Å²) < 4.78 is 0.730. The molecule has 0 saturated heterocycles. The zero-order valence-electron chi connectivity index (χ0n) is 9.99. The normalized spacial score (nSPS) is 13.9. The highest BCUT2D eigenvalue weighted by Crippen LogP contribution is 2.17. The van der Waals surface area contributed by atoms with Crippen molar-refractivity contribution in [1.82, 2.24) is 10.3 Å². The van der Waals surface area contributed by atoms with Gasteiger partial charge in [-0.2, -0.15) is 5.26 Å². The molecule has 5 heteroatoms. The summed E-state index contributed by atoms with van der Waals surface area (Å²) in [5, 5.41) is 11.8. The molecule has 1 amide bonds. The average Bonchev–Trinajstić information content (AvgIpc) is 2.28. The number of carbonyl (C=O) groups is 1. The Hall–Kier alpha value is -1.41. The van der Waals surface area contributed by atoms with Crippen LogP contribution in [-0.4, -0.2) is 16.4 Å². The molecular formula is C12H14BrN3O. The molecule has 90 valence electrons. The van der Waals surface area contributed by atoms with Crippen molar-refractivity contribution in [2.45, 2.75) is 26.3 Å². The van der Waals surface area contributed by atoms with Crippen molar-refractivity contribution in [2.75, 3.05) is 0 Å². The van der Waals surface area contributed by atoms with Crippen LogP contribution in [0, 0.1) is 17.2 Å². The minimum absolute atomic E-state index is 0.0246. The third-order valence-electron chi connectivity index (χ3n) is 2.73. The average molecular weight is 296 g/mol. The number of nitrogens with zero attached hydrogens (tertiary/aromatic N) is 2. The molecule has 0 aliphatic heterocycles. The predicted octanol–water partition coefficient (Wildman–Crippen LogP) is 2.51. The number of rotatable bonds is 3. The Balaban J connectivity index is 2.90. The highest BCUT2D eigenvalue weighted by molar-refractivity contribution is 9.10. The quantitative estimate of drug-likeness (QED) is 0.932. The fraction of sp³-hybridized carbons (Fsp3) is 0.417. The maximum Gasteiger partial charge on any atom is 0.254 e. The van der Waals surface area contributed by atoms with Gasteiger partial charge in [0.05, 0.1) is 11.6 Å². The van der Waals surface area contributed by atoms with Crippen LogP contribution in [0.15, 0.2) is 22.9 Å². The number of aromatic nitrogens is 1. The fourth-order valence-corrected chi connectivity index (χ4v) is 1.51. The summed E-state index contributed by atoms with van der Waals surface area (Å²) in [6.07, 6.45) is 3.07. The molecule has 0 aromatic carbocycles. The van der Waals surface area contributed by atoms with E-state index in [1.165, 1.54) is 6.20 Å². The lowest BCUT2D eigenvalue weighted by Gasteiger charge is -2.27. The summed E-state index contributed by atoms with van der Waals surface area (Å²) in [5.41, 5.74) is -0.444. The standard InChI is InChI=1S/C12H14BrN3O/c1-8(2)12(3,7-14)16-11(17)9-4-10(13)6-15-5-9/h4-6,8H,1-3H3,(H,16,17)/t12-/m1/s1. The van der Waals surface area contributed by atoms with Crippen LogP contribution in [0.4, 0.5) is 0 Å². The van der Waals surface area contributed by atoms with Crippen molar-refractivity contribution in [3.8, 4) is 6.07 Å². The van der Waals surface area contributed by atoms with Crippen LogP contribution in [0.25, 0.3) is 0 Å². The van der Waals surface area contributed by atoms with E-state index in [0.717, 1.165) is 4.47 Å². The second-order valence-electron chi connectivity index (χ2n) is 4.31. The summed E-state index contributed by atoms with van der Waals surface area (Å²) in [7, 11) is 0. The van der Waals surface area contributed by atoms with Gasteiger partial charge in [0.1, 0.15) is 5.54 Å². The van der Waals surface area contributed by atoms with Gasteiger partial charge in [0, 0.05) is 16.9 Å². The van der Waals surface area contributed by atoms with Crippen LogP contribution >= 0.6 is 15.9 Å². The van der Waals surface area contributed by atoms with E-state index in [0.29, 0.717) is 5.56 Å². The first-order valence-electron chi connectivity index (χ1n) is 5.23. The molecule has 0 bridgehead atoms. The number of pyridine rings is 1. The second kappa shape index (κ2) is 5.28. The Morgan fingerprint density at radius 3 is 2.71 bits per heavy atom. The molecule has 17 heavy (non-hydrogen) atoms. The van der Waals surface area contributed by atoms with Crippen molar-refractivity contribution < 1.29 is 4.79 Å². The molecule has 1 aromatic heterocycles. The molecule has 1 aromatic rings. The van der Waals surface area contributed by atoms with Gasteiger partial charge in [-0.05, 0) is 34.8 Å². The van der Waals surface area contributed by atoms with E-state index in [1.807, 2.05) is 13.8 Å². The van der Waals surface area contributed by atoms with E-state index < -0.39 is 5.54 Å². The van der Waals surface area contributed by atoms with Crippen LogP contribution in [0.1, 0.15) is 31.1 Å². The highest BCUT2D eigenvalue weighted by Gasteiger charge is 2.30. The maximum atomic E-state index is 12.0. The van der Waals surface area contributed by atoms with Gasteiger partial charge in [-0.1, -0.05) is 13.8 Å². The maximum absolute atomic E-state index is 12.0. The molecule has 0 radical (unpaired) electrons. The first kappa shape index (κ1) is 13.7. The van der Waals surface area contributed by atoms with Crippen molar-refractivity contribution >= 4 is 21.8 Å². The number of halogens is 1. The summed E-state index contributed by atoms with van der Waals surface area (Å²) in [4.78, 5) is 15.9. The Morgan fingerprint density at radius 1 is 1.59 bits per heavy atom. The van der Waals surface area contributed by atoms with Crippen molar-refractivity contribution in [2.24, 2.45) is 5.92 Å². The first-order chi connectivity index (χ1) is 7.89. The number of nitriles is 1. The van der Waals surface area contributed by atoms with E-state index in [9.17, 15) is 4.79 Å². The lowest BCUT2D eigenvalue weighted by Crippen LogP contribution is -2.48. The Kier molecular flexibility index (Phi) is 4.24. The van der Waals surface area contributed by atoms with Crippen LogP contribution < -0.4 is 5.32 Å². The van der Waals surface area contributed by atoms with Gasteiger partial charge in [0.2, 0.25) is 0 Å². The van der Waals surface area contributed by atoms with Crippen LogP contribution in [0.5, 0.6) is 0 Å². The van der Waals surface area contributed by atoms with Crippen LogP contribution in [-0.2, 0) is 0 Å². The zero-order chi connectivity index (χ0) is 13.1. The van der Waals surface area contributed by atoms with E-state index in [2.05, 4.69) is 32.3 Å². The molecule has 4 nitrogen and oxygen atoms in total. The van der Waals surface area contributed by atoms with Crippen molar-refractivity contribution in [3.05, 3.63) is 28.5 Å². The van der Waals surface area contributed by atoms with Crippen molar-refractivity contribution in [3.63, 3.8) is 0 Å². The molecule has 0 spiro atoms. The van der Waals surface area contributed by atoms with Gasteiger partial charge in [-0.3, -0.25) is 9.78 Å². The molecule has 1 rings (SSSR count). The highest BCUT2D eigenvalue weighted by atomic mass is 79.9. The topological polar surface area (TPSA) is 65.8 Å². The molecule has 0 unspecified atom stereocenters. The van der Waals surface area contributed by atoms with Gasteiger partial charge in [-0.25, -0.2) is 0 Å². The smallest absolute Gasteiger partial charge is 0.254 e. The SMILES string of the molecule is CC(C)[C@@](C)(C#N)NC(=O)c1cncc(Br)c1. The number of nitrogens with one attached hydrogen (secondary N) is 1. The van der Waals surface area contributed by atoms with Crippen LogP contribution in [0.3, 0.4) is 0 Å². The minimum atomic E-state index is -0.876. The summed E-state index contributed by atoms with van der Waals surface area (Å²) in [5.74, 6) is -0.270. The third kappa shape index (κ3) is 3.27. The van der Waals surface area contributed by atoms with E-state index in [-0.39, 0.29) is 11.8 Å². The van der Waals surface area contributed by atoms with E-state index in [4.69, 9.17) is 5.26 Å². The lowest BCUT2D eigenvalue weighted by atomic mass is 9.90. The lowest BCUT2D eigenvalue weighted by molar-refractivity contribution is 0.0907. The second-order valence-corrected chi connectivity index (χ2v) is 5.23. The van der Waals surface area contributed by atoms with Gasteiger partial charge >= 0.3 is 0 Å². The van der Waals surface area contributed by atoms with Crippen molar-refractivity contribution in [1.29, 1.82) is 5.26 Å². The molecule has 0 aliphatic rings. The minimum Gasteiger partial charge on any atom is -0.334 e. The number of hydrogen-bond acceptors (Lipinski definition) is 3. The van der Waals surface area contributed by atoms with Gasteiger partial charge in [0.25, 0.3) is 5.91 Å². The Morgan fingerprint density at radius 2 is 2.24 bits per heavy atom. The monoisotopic (exact) mass is 295 g/mol. The third-order valence-corrected chi connectivity index (χ3v) is 3.16. The summed E-state index contributed by atoms with van der Waals surface area (Å²) >= 11 is 3.25. The first-order valence-corrected chi connectivity index (χ1v) is 6.02. The fourth-order valence-electron chi connectivity index (χ4n) is 1.15. The summed E-state index contributed by atoms with van der Waals surface area (Å²) in [6.45, 7) is 5.49. The molecule has 1 heterocycles. The molecule has 1 N–H and O–H groups in total. The van der Waals surface area contributed by atoms with Gasteiger partial charge in [-0.15, -0.1) is 0 Å². The molecule has 0 saturated carbocycles. The van der Waals surface area contributed by atoms with Gasteiger partial charge in [0.15, 0.2) is 0 Å². The van der Waals surface area contributed by atoms with E-state index >= 15 is 0 Å². The Bertz CT molecular complexity index is 467. The number of amides is 1. The summed E-state index contributed by atoms with van der Waals surface area (Å²) in [6, 6.07) is 3.80. The molecule has 0 aliphatic carbocycles. The molecule has 1 atom stereocenters. The van der Waals surface area contributed by atoms with E-state index in [1.54, 1.807) is 19.2 Å². The number of hydrogen-bond donors (Lipinski definition) is 1.